The predicted octanol–water partition coefficient (Wildman–Crippen LogP) is 2.49. The molecule has 0 aromatic heterocycles. The number of para-hydroxylation sites is 1. The first-order chi connectivity index (χ1) is 5.95. The Morgan fingerprint density at radius 2 is 2.17 bits per heavy atom. The zero-order valence-corrected chi connectivity index (χ0v) is 6.73. The molecule has 3 rings (SSSR count). The van der Waals surface area contributed by atoms with Crippen LogP contribution in [0.5, 0.6) is 5.75 Å². The van der Waals surface area contributed by atoms with E-state index in [2.05, 4.69) is 30.4 Å². The van der Waals surface area contributed by atoms with Crippen LogP contribution in [-0.4, -0.2) is 6.10 Å². The second-order valence-corrected chi connectivity index (χ2v) is 3.39. The van der Waals surface area contributed by atoms with Crippen molar-refractivity contribution in [2.75, 3.05) is 0 Å². The van der Waals surface area contributed by atoms with E-state index in [0.29, 0.717) is 12.0 Å². The molecule has 1 nitrogen and oxygen atoms in total. The van der Waals surface area contributed by atoms with Gasteiger partial charge in [0.1, 0.15) is 11.9 Å². The first kappa shape index (κ1) is 6.30. The van der Waals surface area contributed by atoms with Crippen LogP contribution in [-0.2, 0) is 0 Å². The highest BCUT2D eigenvalue weighted by molar-refractivity contribution is 5.44. The van der Waals surface area contributed by atoms with Gasteiger partial charge in [-0.1, -0.05) is 24.3 Å². The minimum absolute atomic E-state index is 0.322. The molecule has 1 aliphatic heterocycles. The van der Waals surface area contributed by atoms with Gasteiger partial charge in [-0.2, -0.15) is 0 Å². The number of benzene rings is 1. The molecule has 1 heterocycles. The van der Waals surface area contributed by atoms with E-state index in [1.54, 1.807) is 0 Å². The Hall–Kier alpha value is -1.24. The van der Waals surface area contributed by atoms with Gasteiger partial charge in [-0.3, -0.25) is 0 Å². The summed E-state index contributed by atoms with van der Waals surface area (Å²) in [7, 11) is 0. The van der Waals surface area contributed by atoms with Gasteiger partial charge in [0.2, 0.25) is 0 Å². The smallest absolute Gasteiger partial charge is 0.124 e. The Morgan fingerprint density at radius 1 is 1.25 bits per heavy atom. The Bertz CT molecular complexity index is 341. The van der Waals surface area contributed by atoms with Crippen molar-refractivity contribution in [1.82, 2.24) is 0 Å². The third-order valence-corrected chi connectivity index (χ3v) is 2.69. The monoisotopic (exact) mass is 158 g/mol. The fraction of sp³-hybridized carbons (Fsp3) is 0.273. The van der Waals surface area contributed by atoms with Gasteiger partial charge in [-0.15, -0.1) is 0 Å². The molecule has 1 aromatic carbocycles. The lowest BCUT2D eigenvalue weighted by Crippen LogP contribution is -2.10. The second kappa shape index (κ2) is 2.13. The average molecular weight is 158 g/mol. The number of hydrogen-bond donors (Lipinski definition) is 0. The van der Waals surface area contributed by atoms with Crippen molar-refractivity contribution in [3.05, 3.63) is 42.0 Å². The summed E-state index contributed by atoms with van der Waals surface area (Å²) in [5.41, 5.74) is 1.38. The highest BCUT2D eigenvalue weighted by Gasteiger charge is 2.34. The summed E-state index contributed by atoms with van der Waals surface area (Å²) in [6.07, 6.45) is 5.85. The van der Waals surface area contributed by atoms with Crippen molar-refractivity contribution in [2.45, 2.75) is 18.4 Å². The largest absolute Gasteiger partial charge is 0.485 e. The zero-order chi connectivity index (χ0) is 7.97. The number of rotatable bonds is 0. The third kappa shape index (κ3) is 0.685. The van der Waals surface area contributed by atoms with Gasteiger partial charge in [0.15, 0.2) is 0 Å². The van der Waals surface area contributed by atoms with E-state index in [-0.39, 0.29) is 0 Å². The highest BCUT2D eigenvalue weighted by atomic mass is 16.5. The van der Waals surface area contributed by atoms with Gasteiger partial charge in [-0.05, 0) is 18.6 Å². The van der Waals surface area contributed by atoms with Gasteiger partial charge < -0.3 is 4.74 Å². The van der Waals surface area contributed by atoms with Gasteiger partial charge in [-0.25, -0.2) is 0 Å². The van der Waals surface area contributed by atoms with Crippen molar-refractivity contribution >= 4 is 0 Å². The van der Waals surface area contributed by atoms with Gasteiger partial charge in [0, 0.05) is 11.5 Å². The van der Waals surface area contributed by atoms with Crippen LogP contribution in [0.25, 0.3) is 0 Å². The molecule has 0 N–H and O–H groups in total. The highest BCUT2D eigenvalue weighted by Crippen LogP contribution is 2.43. The molecule has 0 radical (unpaired) electrons. The molecule has 0 unspecified atom stereocenters. The number of ether oxygens (including phenoxy) is 1. The molecule has 2 aliphatic rings. The van der Waals surface area contributed by atoms with Crippen molar-refractivity contribution in [3.8, 4) is 5.75 Å². The van der Waals surface area contributed by atoms with E-state index in [0.717, 1.165) is 12.2 Å². The molecule has 60 valence electrons. The van der Waals surface area contributed by atoms with Crippen LogP contribution >= 0.6 is 0 Å². The summed E-state index contributed by atoms with van der Waals surface area (Å²) < 4.78 is 5.74. The molecule has 2 atom stereocenters. The van der Waals surface area contributed by atoms with Crippen LogP contribution in [0.1, 0.15) is 17.9 Å². The number of fused-ring (bicyclic) bond motifs is 3. The normalized spacial score (nSPS) is 29.7. The summed E-state index contributed by atoms with van der Waals surface area (Å²) in [5, 5.41) is 0. The first-order valence-electron chi connectivity index (χ1n) is 4.37. The molecule has 0 amide bonds. The summed E-state index contributed by atoms with van der Waals surface area (Å²) in [4.78, 5) is 0. The van der Waals surface area contributed by atoms with E-state index in [4.69, 9.17) is 4.74 Å². The fourth-order valence-corrected chi connectivity index (χ4v) is 2.09. The van der Waals surface area contributed by atoms with Crippen LogP contribution in [0.15, 0.2) is 36.4 Å². The zero-order valence-electron chi connectivity index (χ0n) is 6.73. The van der Waals surface area contributed by atoms with Crippen LogP contribution in [0.3, 0.4) is 0 Å². The van der Waals surface area contributed by atoms with E-state index in [1.807, 2.05) is 6.07 Å². The molecule has 12 heavy (non-hydrogen) atoms. The Kier molecular flexibility index (Phi) is 1.12. The molecule has 0 saturated heterocycles. The van der Waals surface area contributed by atoms with Gasteiger partial charge in [0.25, 0.3) is 0 Å². The summed E-state index contributed by atoms with van der Waals surface area (Å²) >= 11 is 0. The lowest BCUT2D eigenvalue weighted by atomic mass is 9.97. The maximum absolute atomic E-state index is 5.74. The molecule has 1 aromatic rings. The lowest BCUT2D eigenvalue weighted by Gasteiger charge is -2.06. The van der Waals surface area contributed by atoms with Crippen LogP contribution < -0.4 is 4.74 Å². The van der Waals surface area contributed by atoms with E-state index in [9.17, 15) is 0 Å². The number of allylic oxidation sites excluding steroid dienone is 1. The van der Waals surface area contributed by atoms with Crippen LogP contribution in [0.4, 0.5) is 0 Å². The molecule has 1 aliphatic carbocycles. The number of hydrogen-bond acceptors (Lipinski definition) is 1. The minimum atomic E-state index is 0.322. The average Bonchev–Trinajstić information content (AvgIpc) is 2.62. The van der Waals surface area contributed by atoms with E-state index < -0.39 is 0 Å². The Labute approximate surface area is 71.7 Å². The first-order valence-corrected chi connectivity index (χ1v) is 4.37. The molecule has 0 bridgehead atoms. The van der Waals surface area contributed by atoms with Crippen molar-refractivity contribution < 1.29 is 4.74 Å². The van der Waals surface area contributed by atoms with Crippen molar-refractivity contribution in [1.29, 1.82) is 0 Å². The predicted molar refractivity (Wildman–Crippen MR) is 47.4 cm³/mol. The van der Waals surface area contributed by atoms with Crippen molar-refractivity contribution in [2.24, 2.45) is 0 Å². The second-order valence-electron chi connectivity index (χ2n) is 3.39. The molecule has 1 heteroatoms. The van der Waals surface area contributed by atoms with Gasteiger partial charge in [0.05, 0.1) is 0 Å². The van der Waals surface area contributed by atoms with E-state index >= 15 is 0 Å². The molecule has 0 spiro atoms. The molecular weight excluding hydrogens is 148 g/mol. The van der Waals surface area contributed by atoms with E-state index in [1.165, 1.54) is 5.56 Å². The SMILES string of the molecule is C1=C[C@@H]2Oc3ccccc3[C@@H]2C1. The lowest BCUT2D eigenvalue weighted by molar-refractivity contribution is 0.265. The van der Waals surface area contributed by atoms with Gasteiger partial charge >= 0.3 is 0 Å². The Balaban J connectivity index is 2.12. The minimum Gasteiger partial charge on any atom is -0.485 e. The molecular formula is C11H10O. The Morgan fingerprint density at radius 3 is 3.17 bits per heavy atom. The van der Waals surface area contributed by atoms with Crippen LogP contribution in [0.2, 0.25) is 0 Å². The quantitative estimate of drug-likeness (QED) is 0.527. The fourth-order valence-electron chi connectivity index (χ4n) is 2.09. The summed E-state index contributed by atoms with van der Waals surface area (Å²) in [5.74, 6) is 1.68. The summed E-state index contributed by atoms with van der Waals surface area (Å²) in [6.45, 7) is 0. The molecule has 0 saturated carbocycles. The standard InChI is InChI=1S/C11H10O/c1-2-6-10-8(4-1)9-5-3-7-11(9)12-10/h1-4,6-7,9,11H,5H2/t9-,11-/m0/s1. The maximum Gasteiger partial charge on any atom is 0.124 e. The maximum atomic E-state index is 5.74. The third-order valence-electron chi connectivity index (χ3n) is 2.69. The van der Waals surface area contributed by atoms with Crippen LogP contribution in [0, 0.1) is 0 Å². The molecule has 0 fully saturated rings. The summed E-state index contributed by atoms with van der Waals surface area (Å²) in [6, 6.07) is 8.35. The van der Waals surface area contributed by atoms with Crippen molar-refractivity contribution in [3.63, 3.8) is 0 Å². The topological polar surface area (TPSA) is 9.23 Å².